The minimum atomic E-state index is -0.274. The number of piperidine rings is 1. The van der Waals surface area contributed by atoms with Gasteiger partial charge in [0.25, 0.3) is 0 Å². The highest BCUT2D eigenvalue weighted by Crippen LogP contribution is 2.21. The van der Waals surface area contributed by atoms with E-state index < -0.39 is 0 Å². The molecule has 0 radical (unpaired) electrons. The molecule has 6 heteroatoms. The lowest BCUT2D eigenvalue weighted by Crippen LogP contribution is -2.47. The van der Waals surface area contributed by atoms with E-state index in [4.69, 9.17) is 0 Å². The molecule has 1 saturated heterocycles. The van der Waals surface area contributed by atoms with Crippen LogP contribution in [0.3, 0.4) is 0 Å². The molecule has 1 aromatic carbocycles. The van der Waals surface area contributed by atoms with Gasteiger partial charge in [0.15, 0.2) is 0 Å². The van der Waals surface area contributed by atoms with Crippen molar-refractivity contribution in [1.29, 1.82) is 0 Å². The highest BCUT2D eigenvalue weighted by atomic mass is 19.1. The molecule has 2 aromatic rings. The second kappa shape index (κ2) is 7.13. The van der Waals surface area contributed by atoms with Gasteiger partial charge in [0.05, 0.1) is 24.0 Å². The first-order valence-corrected chi connectivity index (χ1v) is 8.40. The molecule has 0 bridgehead atoms. The van der Waals surface area contributed by atoms with Gasteiger partial charge in [-0.2, -0.15) is 5.10 Å². The number of halogens is 1. The fourth-order valence-electron chi connectivity index (χ4n) is 3.16. The predicted octanol–water partition coefficient (Wildman–Crippen LogP) is 2.64. The second-order valence-electron chi connectivity index (χ2n) is 6.31. The Morgan fingerprint density at radius 3 is 2.79 bits per heavy atom. The zero-order valence-corrected chi connectivity index (χ0v) is 14.1. The van der Waals surface area contributed by atoms with Crippen LogP contribution in [0, 0.1) is 12.7 Å². The molecular formula is C18H23FN4O. The van der Waals surface area contributed by atoms with Crippen molar-refractivity contribution in [2.24, 2.45) is 0 Å². The van der Waals surface area contributed by atoms with Gasteiger partial charge in [-0.25, -0.2) is 9.07 Å². The molecule has 1 aromatic heterocycles. The van der Waals surface area contributed by atoms with Crippen LogP contribution >= 0.6 is 0 Å². The number of nitrogens with one attached hydrogen (secondary N) is 2. The number of carbonyl (C=O) groups is 1. The molecule has 2 atom stereocenters. The van der Waals surface area contributed by atoms with Crippen molar-refractivity contribution >= 4 is 5.91 Å². The molecule has 5 nitrogen and oxygen atoms in total. The van der Waals surface area contributed by atoms with E-state index in [9.17, 15) is 9.18 Å². The molecule has 1 aliphatic rings. The van der Waals surface area contributed by atoms with Crippen molar-refractivity contribution in [2.75, 3.05) is 6.54 Å². The number of benzene rings is 1. The Hall–Kier alpha value is -2.21. The second-order valence-corrected chi connectivity index (χ2v) is 6.31. The Kier molecular flexibility index (Phi) is 4.94. The Labute approximate surface area is 141 Å². The normalized spacial score (nSPS) is 19.0. The third kappa shape index (κ3) is 3.48. The number of aromatic nitrogens is 2. The Bertz CT molecular complexity index is 704. The number of hydrogen-bond donors (Lipinski definition) is 2. The van der Waals surface area contributed by atoms with Gasteiger partial charge in [-0.05, 0) is 57.5 Å². The van der Waals surface area contributed by atoms with E-state index >= 15 is 0 Å². The number of hydrogen-bond acceptors (Lipinski definition) is 3. The predicted molar refractivity (Wildman–Crippen MR) is 90.5 cm³/mol. The maximum absolute atomic E-state index is 13.1. The minimum Gasteiger partial charge on any atom is -0.348 e. The lowest BCUT2D eigenvalue weighted by atomic mass is 10.0. The molecule has 2 heterocycles. The van der Waals surface area contributed by atoms with Crippen LogP contribution in [0.1, 0.15) is 43.5 Å². The fourth-order valence-corrected chi connectivity index (χ4v) is 3.16. The summed E-state index contributed by atoms with van der Waals surface area (Å²) in [6, 6.07) is 5.97. The van der Waals surface area contributed by atoms with Gasteiger partial charge in [0.2, 0.25) is 5.91 Å². The Morgan fingerprint density at radius 2 is 2.12 bits per heavy atom. The Balaban J connectivity index is 1.72. The summed E-state index contributed by atoms with van der Waals surface area (Å²) in [6.07, 6.45) is 4.86. The molecule has 0 spiro atoms. The zero-order chi connectivity index (χ0) is 17.1. The third-order valence-corrected chi connectivity index (χ3v) is 4.57. The first-order chi connectivity index (χ1) is 11.6. The number of amides is 1. The highest BCUT2D eigenvalue weighted by molar-refractivity contribution is 5.82. The fraction of sp³-hybridized carbons (Fsp3) is 0.444. The molecule has 2 N–H and O–H groups in total. The molecule has 0 aliphatic carbocycles. The van der Waals surface area contributed by atoms with E-state index in [0.717, 1.165) is 42.8 Å². The minimum absolute atomic E-state index is 0.0381. The first kappa shape index (κ1) is 16.6. The summed E-state index contributed by atoms with van der Waals surface area (Å²) in [5.74, 6) is -0.236. The van der Waals surface area contributed by atoms with Gasteiger partial charge >= 0.3 is 0 Å². The molecule has 3 rings (SSSR count). The monoisotopic (exact) mass is 330 g/mol. The summed E-state index contributed by atoms with van der Waals surface area (Å²) < 4.78 is 14.8. The van der Waals surface area contributed by atoms with E-state index in [1.807, 2.05) is 13.8 Å². The Morgan fingerprint density at radius 1 is 1.38 bits per heavy atom. The van der Waals surface area contributed by atoms with Crippen molar-refractivity contribution < 1.29 is 9.18 Å². The average molecular weight is 330 g/mol. The van der Waals surface area contributed by atoms with E-state index in [1.54, 1.807) is 23.0 Å². The standard InChI is InChI=1S/C18H23FN4O/c1-12(22-18(24)17-5-3-4-10-20-17)16-11-21-23(13(16)2)15-8-6-14(19)7-9-15/h6-9,11-12,17,20H,3-5,10H2,1-2H3,(H,22,24). The van der Waals surface area contributed by atoms with Crippen LogP contribution in [0.2, 0.25) is 0 Å². The maximum Gasteiger partial charge on any atom is 0.237 e. The lowest BCUT2D eigenvalue weighted by Gasteiger charge is -2.24. The van der Waals surface area contributed by atoms with E-state index in [1.165, 1.54) is 12.1 Å². The van der Waals surface area contributed by atoms with Crippen LogP contribution in [0.15, 0.2) is 30.5 Å². The summed E-state index contributed by atoms with van der Waals surface area (Å²) in [4.78, 5) is 12.4. The average Bonchev–Trinajstić information content (AvgIpc) is 2.98. The molecular weight excluding hydrogens is 307 g/mol. The molecule has 1 fully saturated rings. The topological polar surface area (TPSA) is 59.0 Å². The number of rotatable bonds is 4. The molecule has 2 unspecified atom stereocenters. The van der Waals surface area contributed by atoms with Gasteiger partial charge in [-0.15, -0.1) is 0 Å². The molecule has 0 saturated carbocycles. The van der Waals surface area contributed by atoms with E-state index in [-0.39, 0.29) is 23.8 Å². The summed E-state index contributed by atoms with van der Waals surface area (Å²) in [6.45, 7) is 4.81. The number of nitrogens with zero attached hydrogens (tertiary/aromatic N) is 2. The first-order valence-electron chi connectivity index (χ1n) is 8.40. The quantitative estimate of drug-likeness (QED) is 0.906. The van der Waals surface area contributed by atoms with Crippen LogP contribution in [0.5, 0.6) is 0 Å². The molecule has 1 amide bonds. The molecule has 128 valence electrons. The summed E-state index contributed by atoms with van der Waals surface area (Å²) >= 11 is 0. The number of carbonyl (C=O) groups excluding carboxylic acids is 1. The van der Waals surface area contributed by atoms with Crippen molar-refractivity contribution in [3.63, 3.8) is 0 Å². The lowest BCUT2D eigenvalue weighted by molar-refractivity contribution is -0.124. The zero-order valence-electron chi connectivity index (χ0n) is 14.1. The van der Waals surface area contributed by atoms with Crippen molar-refractivity contribution in [2.45, 2.75) is 45.2 Å². The van der Waals surface area contributed by atoms with E-state index in [0.29, 0.717) is 0 Å². The van der Waals surface area contributed by atoms with Crippen LogP contribution in [-0.4, -0.2) is 28.3 Å². The highest BCUT2D eigenvalue weighted by Gasteiger charge is 2.23. The molecule has 24 heavy (non-hydrogen) atoms. The van der Waals surface area contributed by atoms with Crippen molar-refractivity contribution in [1.82, 2.24) is 20.4 Å². The summed E-state index contributed by atoms with van der Waals surface area (Å²) in [7, 11) is 0. The van der Waals surface area contributed by atoms with Crippen molar-refractivity contribution in [3.8, 4) is 5.69 Å². The summed E-state index contributed by atoms with van der Waals surface area (Å²) in [5, 5.41) is 10.7. The van der Waals surface area contributed by atoms with Crippen molar-refractivity contribution in [3.05, 3.63) is 47.5 Å². The largest absolute Gasteiger partial charge is 0.348 e. The van der Waals surface area contributed by atoms with E-state index in [2.05, 4.69) is 15.7 Å². The van der Waals surface area contributed by atoms with Gasteiger partial charge in [0, 0.05) is 11.3 Å². The van der Waals surface area contributed by atoms with Gasteiger partial charge in [-0.3, -0.25) is 4.79 Å². The smallest absolute Gasteiger partial charge is 0.237 e. The maximum atomic E-state index is 13.1. The molecule has 1 aliphatic heterocycles. The van der Waals surface area contributed by atoms with Gasteiger partial charge in [0.1, 0.15) is 5.82 Å². The van der Waals surface area contributed by atoms with Crippen LogP contribution < -0.4 is 10.6 Å². The van der Waals surface area contributed by atoms with Gasteiger partial charge < -0.3 is 10.6 Å². The van der Waals surface area contributed by atoms with Crippen LogP contribution in [0.4, 0.5) is 4.39 Å². The van der Waals surface area contributed by atoms with Gasteiger partial charge in [-0.1, -0.05) is 6.42 Å². The van der Waals surface area contributed by atoms with Crippen LogP contribution in [-0.2, 0) is 4.79 Å². The third-order valence-electron chi connectivity index (χ3n) is 4.57. The SMILES string of the molecule is Cc1c(C(C)NC(=O)C2CCCCN2)cnn1-c1ccc(F)cc1. The summed E-state index contributed by atoms with van der Waals surface area (Å²) in [5.41, 5.74) is 2.70. The van der Waals surface area contributed by atoms with Crippen LogP contribution in [0.25, 0.3) is 5.69 Å².